The number of nitrogens with one attached hydrogen (secondary N) is 2. The lowest BCUT2D eigenvalue weighted by molar-refractivity contribution is 0.0946. The number of hydrogen-bond donors (Lipinski definition) is 2. The molecule has 0 aliphatic carbocycles. The zero-order valence-corrected chi connectivity index (χ0v) is 16.6. The Bertz CT molecular complexity index is 643. The SMILES string of the molecule is Cc1sc(-c2ccco2)nc1C(=O)NCCCN1CCNCC1.Cl.Cl. The van der Waals surface area contributed by atoms with Gasteiger partial charge in [-0.25, -0.2) is 4.98 Å². The van der Waals surface area contributed by atoms with Crippen LogP contribution in [0.15, 0.2) is 22.8 Å². The Morgan fingerprint density at radius 1 is 1.40 bits per heavy atom. The van der Waals surface area contributed by atoms with E-state index >= 15 is 0 Å². The molecule has 9 heteroatoms. The van der Waals surface area contributed by atoms with E-state index in [-0.39, 0.29) is 30.7 Å². The highest BCUT2D eigenvalue weighted by molar-refractivity contribution is 7.15. The fraction of sp³-hybridized carbons (Fsp3) is 0.500. The molecule has 6 nitrogen and oxygen atoms in total. The van der Waals surface area contributed by atoms with Crippen molar-refractivity contribution in [3.05, 3.63) is 29.0 Å². The van der Waals surface area contributed by atoms with Gasteiger partial charge in [-0.2, -0.15) is 0 Å². The van der Waals surface area contributed by atoms with Gasteiger partial charge in [0.25, 0.3) is 5.91 Å². The van der Waals surface area contributed by atoms with Gasteiger partial charge in [0, 0.05) is 37.6 Å². The Labute approximate surface area is 164 Å². The highest BCUT2D eigenvalue weighted by Gasteiger charge is 2.17. The number of piperazine rings is 1. The van der Waals surface area contributed by atoms with Gasteiger partial charge in [-0.15, -0.1) is 36.2 Å². The summed E-state index contributed by atoms with van der Waals surface area (Å²) in [5, 5.41) is 7.06. The van der Waals surface area contributed by atoms with Crippen LogP contribution in [0.3, 0.4) is 0 Å². The number of furan rings is 1. The van der Waals surface area contributed by atoms with Crippen LogP contribution in [0.4, 0.5) is 0 Å². The second kappa shape index (κ2) is 10.8. The molecule has 2 aromatic heterocycles. The van der Waals surface area contributed by atoms with E-state index in [1.165, 1.54) is 11.3 Å². The average Bonchev–Trinajstić information content (AvgIpc) is 3.21. The van der Waals surface area contributed by atoms with Crippen molar-refractivity contribution in [2.24, 2.45) is 0 Å². The van der Waals surface area contributed by atoms with Crippen molar-refractivity contribution in [2.45, 2.75) is 13.3 Å². The van der Waals surface area contributed by atoms with Crippen molar-refractivity contribution in [1.29, 1.82) is 0 Å². The van der Waals surface area contributed by atoms with Crippen LogP contribution >= 0.6 is 36.2 Å². The summed E-state index contributed by atoms with van der Waals surface area (Å²) in [5.74, 6) is 0.604. The molecular weight excluding hydrogens is 383 g/mol. The van der Waals surface area contributed by atoms with Crippen LogP contribution in [-0.4, -0.2) is 55.1 Å². The molecule has 0 atom stereocenters. The molecule has 2 N–H and O–H groups in total. The predicted molar refractivity (Wildman–Crippen MR) is 105 cm³/mol. The van der Waals surface area contributed by atoms with Crippen molar-refractivity contribution in [3.63, 3.8) is 0 Å². The molecule has 1 amide bonds. The van der Waals surface area contributed by atoms with E-state index in [4.69, 9.17) is 4.42 Å². The maximum absolute atomic E-state index is 12.3. The number of amides is 1. The van der Waals surface area contributed by atoms with Crippen LogP contribution in [0.2, 0.25) is 0 Å². The van der Waals surface area contributed by atoms with E-state index in [9.17, 15) is 4.79 Å². The molecule has 25 heavy (non-hydrogen) atoms. The van der Waals surface area contributed by atoms with Crippen LogP contribution in [0.5, 0.6) is 0 Å². The Kier molecular flexibility index (Phi) is 9.45. The van der Waals surface area contributed by atoms with Crippen molar-refractivity contribution < 1.29 is 9.21 Å². The topological polar surface area (TPSA) is 70.4 Å². The van der Waals surface area contributed by atoms with Gasteiger partial charge in [0.05, 0.1) is 6.26 Å². The molecule has 0 bridgehead atoms. The molecule has 0 saturated carbocycles. The van der Waals surface area contributed by atoms with E-state index < -0.39 is 0 Å². The maximum Gasteiger partial charge on any atom is 0.271 e. The van der Waals surface area contributed by atoms with Crippen LogP contribution in [0, 0.1) is 6.92 Å². The second-order valence-electron chi connectivity index (χ2n) is 5.60. The fourth-order valence-electron chi connectivity index (χ4n) is 2.64. The number of rotatable bonds is 6. The number of aromatic nitrogens is 1. The molecule has 3 rings (SSSR count). The molecule has 0 radical (unpaired) electrons. The monoisotopic (exact) mass is 406 g/mol. The minimum absolute atomic E-state index is 0. The van der Waals surface area contributed by atoms with Crippen molar-refractivity contribution in [3.8, 4) is 10.8 Å². The summed E-state index contributed by atoms with van der Waals surface area (Å²) in [6.07, 6.45) is 2.57. The normalized spacial score (nSPS) is 14.4. The van der Waals surface area contributed by atoms with Crippen molar-refractivity contribution in [2.75, 3.05) is 39.3 Å². The summed E-state index contributed by atoms with van der Waals surface area (Å²) in [5.41, 5.74) is 0.503. The molecule has 1 fully saturated rings. The lowest BCUT2D eigenvalue weighted by atomic mass is 10.3. The first-order valence-electron chi connectivity index (χ1n) is 7.96. The summed E-state index contributed by atoms with van der Waals surface area (Å²) in [6.45, 7) is 7.91. The molecule has 0 unspecified atom stereocenters. The molecule has 0 aromatic carbocycles. The molecule has 140 valence electrons. The largest absolute Gasteiger partial charge is 0.462 e. The third kappa shape index (κ3) is 5.97. The molecule has 1 aliphatic heterocycles. The van der Waals surface area contributed by atoms with Gasteiger partial charge in [-0.05, 0) is 32.0 Å². The second-order valence-corrected chi connectivity index (χ2v) is 6.81. The number of thiazole rings is 1. The quantitative estimate of drug-likeness (QED) is 0.721. The van der Waals surface area contributed by atoms with E-state index in [1.54, 1.807) is 6.26 Å². The first-order chi connectivity index (χ1) is 11.2. The van der Waals surface area contributed by atoms with Gasteiger partial charge in [-0.1, -0.05) is 0 Å². The number of carbonyl (C=O) groups excluding carboxylic acids is 1. The average molecular weight is 407 g/mol. The summed E-state index contributed by atoms with van der Waals surface area (Å²) in [6, 6.07) is 3.68. The summed E-state index contributed by atoms with van der Waals surface area (Å²) < 4.78 is 5.34. The van der Waals surface area contributed by atoms with Gasteiger partial charge >= 0.3 is 0 Å². The molecule has 1 saturated heterocycles. The standard InChI is InChI=1S/C16H22N4O2S.2ClH/c1-12-14(19-16(23-12)13-4-2-11-22-13)15(21)18-5-3-8-20-9-6-17-7-10-20;;/h2,4,11,17H,3,5-10H2,1H3,(H,18,21);2*1H. The summed E-state index contributed by atoms with van der Waals surface area (Å²) >= 11 is 1.48. The maximum atomic E-state index is 12.3. The van der Waals surface area contributed by atoms with Crippen molar-refractivity contribution in [1.82, 2.24) is 20.5 Å². The van der Waals surface area contributed by atoms with E-state index in [2.05, 4.69) is 20.5 Å². The Morgan fingerprint density at radius 2 is 2.16 bits per heavy atom. The van der Waals surface area contributed by atoms with Crippen LogP contribution in [0.1, 0.15) is 21.8 Å². The highest BCUT2D eigenvalue weighted by atomic mass is 35.5. The zero-order valence-electron chi connectivity index (χ0n) is 14.1. The molecule has 3 heterocycles. The van der Waals surface area contributed by atoms with Crippen LogP contribution in [-0.2, 0) is 0 Å². The van der Waals surface area contributed by atoms with Gasteiger partial charge in [0.1, 0.15) is 5.69 Å². The number of aryl methyl sites for hydroxylation is 1. The number of carbonyl (C=O) groups is 1. The minimum Gasteiger partial charge on any atom is -0.462 e. The van der Waals surface area contributed by atoms with Gasteiger partial charge in [0.15, 0.2) is 10.8 Å². The number of hydrogen-bond acceptors (Lipinski definition) is 6. The van der Waals surface area contributed by atoms with E-state index in [0.717, 1.165) is 49.0 Å². The Balaban J connectivity index is 0.00000156. The lowest BCUT2D eigenvalue weighted by Gasteiger charge is -2.27. The highest BCUT2D eigenvalue weighted by Crippen LogP contribution is 2.27. The third-order valence-electron chi connectivity index (χ3n) is 3.89. The predicted octanol–water partition coefficient (Wildman–Crippen LogP) is 2.58. The lowest BCUT2D eigenvalue weighted by Crippen LogP contribution is -2.44. The molecule has 0 spiro atoms. The Morgan fingerprint density at radius 3 is 2.84 bits per heavy atom. The van der Waals surface area contributed by atoms with Crippen LogP contribution in [0.25, 0.3) is 10.8 Å². The molecule has 2 aromatic rings. The number of nitrogens with zero attached hydrogens (tertiary/aromatic N) is 2. The first-order valence-corrected chi connectivity index (χ1v) is 8.78. The van der Waals surface area contributed by atoms with E-state index in [0.29, 0.717) is 18.0 Å². The van der Waals surface area contributed by atoms with Crippen molar-refractivity contribution >= 4 is 42.1 Å². The third-order valence-corrected chi connectivity index (χ3v) is 4.88. The van der Waals surface area contributed by atoms with Gasteiger partial charge < -0.3 is 20.0 Å². The van der Waals surface area contributed by atoms with Gasteiger partial charge in [-0.3, -0.25) is 4.79 Å². The Hall–Kier alpha value is -1.12. The van der Waals surface area contributed by atoms with Gasteiger partial charge in [0.2, 0.25) is 0 Å². The van der Waals surface area contributed by atoms with E-state index in [1.807, 2.05) is 19.1 Å². The summed E-state index contributed by atoms with van der Waals surface area (Å²) in [7, 11) is 0. The number of halogens is 2. The van der Waals surface area contributed by atoms with Crippen LogP contribution < -0.4 is 10.6 Å². The zero-order chi connectivity index (χ0) is 16.1. The fourth-order valence-corrected chi connectivity index (χ4v) is 3.51. The summed E-state index contributed by atoms with van der Waals surface area (Å²) in [4.78, 5) is 20.0. The molecular formula is C16H24Cl2N4O2S. The molecule has 1 aliphatic rings. The smallest absolute Gasteiger partial charge is 0.271 e. The minimum atomic E-state index is -0.100. The first kappa shape index (κ1) is 21.9.